The van der Waals surface area contributed by atoms with Gasteiger partial charge in [-0.25, -0.2) is 4.39 Å². The van der Waals surface area contributed by atoms with Gasteiger partial charge >= 0.3 is 0 Å². The van der Waals surface area contributed by atoms with Crippen LogP contribution in [0.2, 0.25) is 0 Å². The van der Waals surface area contributed by atoms with Gasteiger partial charge in [0.15, 0.2) is 0 Å². The van der Waals surface area contributed by atoms with E-state index >= 15 is 0 Å². The van der Waals surface area contributed by atoms with Gasteiger partial charge in [-0.15, -0.1) is 0 Å². The van der Waals surface area contributed by atoms with Crippen LogP contribution in [0, 0.1) is 12.7 Å². The largest absolute Gasteiger partial charge is 0.494 e. The number of ether oxygens (including phenoxy) is 1. The predicted molar refractivity (Wildman–Crippen MR) is 67.4 cm³/mol. The van der Waals surface area contributed by atoms with Gasteiger partial charge in [0.25, 0.3) is 0 Å². The summed E-state index contributed by atoms with van der Waals surface area (Å²) in [6, 6.07) is 12.1. The van der Waals surface area contributed by atoms with Gasteiger partial charge < -0.3 is 10.1 Å². The summed E-state index contributed by atoms with van der Waals surface area (Å²) in [5, 5.41) is 3.20. The van der Waals surface area contributed by atoms with E-state index in [-0.39, 0.29) is 5.82 Å². The lowest BCUT2D eigenvalue weighted by atomic mass is 10.2. The first-order valence-corrected chi connectivity index (χ1v) is 5.37. The summed E-state index contributed by atoms with van der Waals surface area (Å²) in [5.74, 6) is 0.559. The maximum absolute atomic E-state index is 12.8. The van der Waals surface area contributed by atoms with Crippen LogP contribution >= 0.6 is 0 Å². The number of hydrogen-bond donors (Lipinski definition) is 1. The van der Waals surface area contributed by atoms with Crippen LogP contribution in [0.3, 0.4) is 0 Å². The molecule has 0 saturated carbocycles. The van der Waals surface area contributed by atoms with Crippen LogP contribution in [-0.4, -0.2) is 7.11 Å². The minimum absolute atomic E-state index is 0.244. The third-order valence-corrected chi connectivity index (χ3v) is 2.54. The number of para-hydroxylation sites is 1. The number of hydrogen-bond acceptors (Lipinski definition) is 2. The Hall–Kier alpha value is -2.03. The maximum Gasteiger partial charge on any atom is 0.145 e. The highest BCUT2D eigenvalue weighted by atomic mass is 19.1. The fraction of sp³-hybridized carbons (Fsp3) is 0.143. The summed E-state index contributed by atoms with van der Waals surface area (Å²) in [6.45, 7) is 1.98. The molecule has 2 aromatic carbocycles. The smallest absolute Gasteiger partial charge is 0.145 e. The van der Waals surface area contributed by atoms with E-state index in [9.17, 15) is 4.39 Å². The first kappa shape index (κ1) is 11.5. The molecule has 88 valence electrons. The number of methoxy groups -OCH3 is 1. The Labute approximate surface area is 100 Å². The molecule has 2 nitrogen and oxygen atoms in total. The van der Waals surface area contributed by atoms with E-state index in [1.165, 1.54) is 12.1 Å². The predicted octanol–water partition coefficient (Wildman–Crippen LogP) is 3.89. The zero-order valence-corrected chi connectivity index (χ0v) is 9.83. The fourth-order valence-corrected chi connectivity index (χ4v) is 1.71. The quantitative estimate of drug-likeness (QED) is 0.865. The van der Waals surface area contributed by atoms with Gasteiger partial charge in [0, 0.05) is 5.69 Å². The average Bonchev–Trinajstić information content (AvgIpc) is 2.32. The first-order valence-electron chi connectivity index (χ1n) is 5.37. The molecule has 0 atom stereocenters. The summed E-state index contributed by atoms with van der Waals surface area (Å²) in [4.78, 5) is 0. The summed E-state index contributed by atoms with van der Waals surface area (Å²) in [6.07, 6.45) is 0. The van der Waals surface area contributed by atoms with Crippen molar-refractivity contribution in [1.82, 2.24) is 0 Å². The van der Waals surface area contributed by atoms with Crippen molar-refractivity contribution < 1.29 is 9.13 Å². The Balaban J connectivity index is 2.29. The molecular formula is C14H14FNO. The molecule has 0 aliphatic carbocycles. The second-order valence-electron chi connectivity index (χ2n) is 3.79. The van der Waals surface area contributed by atoms with Gasteiger partial charge in [0.1, 0.15) is 11.6 Å². The summed E-state index contributed by atoms with van der Waals surface area (Å²) >= 11 is 0. The minimum Gasteiger partial charge on any atom is -0.494 e. The third kappa shape index (κ3) is 2.56. The van der Waals surface area contributed by atoms with E-state index in [0.29, 0.717) is 0 Å². The number of rotatable bonds is 3. The first-order chi connectivity index (χ1) is 8.20. The number of aryl methyl sites for hydroxylation is 1. The van der Waals surface area contributed by atoms with E-state index in [0.717, 1.165) is 22.7 Å². The van der Waals surface area contributed by atoms with E-state index in [2.05, 4.69) is 5.32 Å². The summed E-state index contributed by atoms with van der Waals surface area (Å²) in [5.41, 5.74) is 2.76. The van der Waals surface area contributed by atoms with Crippen molar-refractivity contribution in [2.24, 2.45) is 0 Å². The normalized spacial score (nSPS) is 10.1. The molecule has 0 aliphatic rings. The van der Waals surface area contributed by atoms with Crippen LogP contribution in [-0.2, 0) is 0 Å². The molecular weight excluding hydrogens is 217 g/mol. The molecule has 0 heterocycles. The molecule has 0 aromatic heterocycles. The number of halogens is 1. The van der Waals surface area contributed by atoms with Crippen LogP contribution in [0.15, 0.2) is 42.5 Å². The van der Waals surface area contributed by atoms with Crippen molar-refractivity contribution >= 4 is 11.4 Å². The van der Waals surface area contributed by atoms with Gasteiger partial charge in [-0.3, -0.25) is 0 Å². The highest BCUT2D eigenvalue weighted by Gasteiger charge is 2.05. The van der Waals surface area contributed by atoms with Crippen molar-refractivity contribution in [3.8, 4) is 5.75 Å². The highest BCUT2D eigenvalue weighted by Crippen LogP contribution is 2.30. The molecule has 17 heavy (non-hydrogen) atoms. The molecule has 0 saturated heterocycles. The van der Waals surface area contributed by atoms with Crippen molar-refractivity contribution in [3.05, 3.63) is 53.8 Å². The number of benzene rings is 2. The van der Waals surface area contributed by atoms with Crippen LogP contribution < -0.4 is 10.1 Å². The lowest BCUT2D eigenvalue weighted by Gasteiger charge is -2.13. The van der Waals surface area contributed by atoms with Gasteiger partial charge in [-0.05, 0) is 42.8 Å². The molecule has 0 aliphatic heterocycles. The Morgan fingerprint density at radius 3 is 2.41 bits per heavy atom. The van der Waals surface area contributed by atoms with E-state index in [1.807, 2.05) is 25.1 Å². The Bertz CT molecular complexity index is 508. The standard InChI is InChI=1S/C14H14FNO/c1-10-4-3-5-13(14(10)17-2)16-12-8-6-11(15)7-9-12/h3-9,16H,1-2H3. The fourth-order valence-electron chi connectivity index (χ4n) is 1.71. The zero-order chi connectivity index (χ0) is 12.3. The second-order valence-corrected chi connectivity index (χ2v) is 3.79. The summed E-state index contributed by atoms with van der Waals surface area (Å²) < 4.78 is 18.1. The van der Waals surface area contributed by atoms with Crippen LogP contribution in [0.4, 0.5) is 15.8 Å². The molecule has 0 bridgehead atoms. The van der Waals surface area contributed by atoms with E-state index < -0.39 is 0 Å². The molecule has 0 radical (unpaired) electrons. The number of nitrogens with one attached hydrogen (secondary N) is 1. The lowest BCUT2D eigenvalue weighted by Crippen LogP contribution is -1.96. The van der Waals surface area contributed by atoms with Crippen LogP contribution in [0.25, 0.3) is 0 Å². The lowest BCUT2D eigenvalue weighted by molar-refractivity contribution is 0.414. The van der Waals surface area contributed by atoms with E-state index in [1.54, 1.807) is 19.2 Å². The number of anilines is 2. The van der Waals surface area contributed by atoms with Gasteiger partial charge in [0.05, 0.1) is 12.8 Å². The van der Waals surface area contributed by atoms with Crippen molar-refractivity contribution in [1.29, 1.82) is 0 Å². The maximum atomic E-state index is 12.8. The average molecular weight is 231 g/mol. The van der Waals surface area contributed by atoms with E-state index in [4.69, 9.17) is 4.74 Å². The van der Waals surface area contributed by atoms with Crippen LogP contribution in [0.5, 0.6) is 5.75 Å². The molecule has 2 rings (SSSR count). The molecule has 0 amide bonds. The molecule has 1 N–H and O–H groups in total. The van der Waals surface area contributed by atoms with Gasteiger partial charge in [0.2, 0.25) is 0 Å². The van der Waals surface area contributed by atoms with Gasteiger partial charge in [-0.2, -0.15) is 0 Å². The van der Waals surface area contributed by atoms with Crippen LogP contribution in [0.1, 0.15) is 5.56 Å². The summed E-state index contributed by atoms with van der Waals surface area (Å²) in [7, 11) is 1.64. The van der Waals surface area contributed by atoms with Gasteiger partial charge in [-0.1, -0.05) is 12.1 Å². The topological polar surface area (TPSA) is 21.3 Å². The zero-order valence-electron chi connectivity index (χ0n) is 9.83. The third-order valence-electron chi connectivity index (χ3n) is 2.54. The molecule has 3 heteroatoms. The molecule has 2 aromatic rings. The minimum atomic E-state index is -0.244. The second kappa shape index (κ2) is 4.87. The Morgan fingerprint density at radius 2 is 1.76 bits per heavy atom. The monoisotopic (exact) mass is 231 g/mol. The highest BCUT2D eigenvalue weighted by molar-refractivity contribution is 5.68. The van der Waals surface area contributed by atoms with Crippen molar-refractivity contribution in [2.45, 2.75) is 6.92 Å². The van der Waals surface area contributed by atoms with Crippen molar-refractivity contribution in [2.75, 3.05) is 12.4 Å². The molecule has 0 spiro atoms. The molecule has 0 unspecified atom stereocenters. The Morgan fingerprint density at radius 1 is 1.06 bits per heavy atom. The Kier molecular flexibility index (Phi) is 3.28. The SMILES string of the molecule is COc1c(C)cccc1Nc1ccc(F)cc1. The van der Waals surface area contributed by atoms with Crippen molar-refractivity contribution in [3.63, 3.8) is 0 Å². The molecule has 0 fully saturated rings.